The van der Waals surface area contributed by atoms with Crippen LogP contribution in [0.2, 0.25) is 0 Å². The van der Waals surface area contributed by atoms with Crippen molar-refractivity contribution in [3.63, 3.8) is 0 Å². The summed E-state index contributed by atoms with van der Waals surface area (Å²) in [5.74, 6) is -0.646. The minimum Gasteiger partial charge on any atom is -0.366 e. The zero-order chi connectivity index (χ0) is 8.97. The number of nitrogens with one attached hydrogen (secondary N) is 1. The highest BCUT2D eigenvalue weighted by Gasteiger charge is 2.19. The van der Waals surface area contributed by atoms with Gasteiger partial charge in [-0.05, 0) is 25.5 Å². The fourth-order valence-corrected chi connectivity index (χ4v) is 1.21. The van der Waals surface area contributed by atoms with Gasteiger partial charge in [0.25, 0.3) is 0 Å². The molecule has 1 fully saturated rings. The summed E-state index contributed by atoms with van der Waals surface area (Å²) in [6, 6.07) is -0.111. The van der Waals surface area contributed by atoms with Crippen LogP contribution < -0.4 is 11.1 Å². The van der Waals surface area contributed by atoms with Crippen LogP contribution in [0.25, 0.3) is 0 Å². The minimum absolute atomic E-state index is 0.0636. The van der Waals surface area contributed by atoms with E-state index in [0.717, 1.165) is 25.5 Å². The largest absolute Gasteiger partial charge is 0.366 e. The Morgan fingerprint density at radius 3 is 2.67 bits per heavy atom. The number of nitrogens with two attached hydrogens (primary N) is 1. The van der Waals surface area contributed by atoms with Gasteiger partial charge in [0.2, 0.25) is 5.91 Å². The van der Waals surface area contributed by atoms with Crippen LogP contribution in [-0.4, -0.2) is 24.3 Å². The molecule has 0 unspecified atom stereocenters. The average molecular weight is 168 g/mol. The molecule has 0 bridgehead atoms. The molecule has 1 rings (SSSR count). The van der Waals surface area contributed by atoms with Crippen molar-refractivity contribution < 1.29 is 9.59 Å². The number of ketones is 1. The molecule has 1 saturated heterocycles. The summed E-state index contributed by atoms with van der Waals surface area (Å²) in [7, 11) is 0. The number of carbonyl (C=O) groups is 2. The van der Waals surface area contributed by atoms with E-state index in [4.69, 9.17) is 5.73 Å². The maximum absolute atomic E-state index is 11.2. The monoisotopic (exact) mass is 168 g/mol. The van der Waals surface area contributed by atoms with Crippen molar-refractivity contribution in [2.75, 3.05) is 6.54 Å². The quantitative estimate of drug-likeness (QED) is 0.550. The van der Waals surface area contributed by atoms with Gasteiger partial charge in [0, 0.05) is 6.08 Å². The van der Waals surface area contributed by atoms with Gasteiger partial charge in [0.05, 0.1) is 6.04 Å². The first-order valence-electron chi connectivity index (χ1n) is 3.95. The number of amides is 1. The molecule has 1 aliphatic rings. The zero-order valence-corrected chi connectivity index (χ0v) is 6.75. The normalized spacial score (nSPS) is 23.2. The van der Waals surface area contributed by atoms with Crippen molar-refractivity contribution in [1.29, 1.82) is 0 Å². The Kier molecular flexibility index (Phi) is 2.99. The van der Waals surface area contributed by atoms with Crippen molar-refractivity contribution >= 4 is 11.7 Å². The maximum Gasteiger partial charge on any atom is 0.241 e. The van der Waals surface area contributed by atoms with E-state index in [0.29, 0.717) is 0 Å². The van der Waals surface area contributed by atoms with Gasteiger partial charge < -0.3 is 11.1 Å². The Morgan fingerprint density at radius 1 is 1.42 bits per heavy atom. The van der Waals surface area contributed by atoms with Crippen LogP contribution in [0.1, 0.15) is 12.8 Å². The molecule has 0 aromatic heterocycles. The second-order valence-corrected chi connectivity index (χ2v) is 2.79. The van der Waals surface area contributed by atoms with E-state index in [1.807, 2.05) is 0 Å². The number of rotatable bonds is 3. The first kappa shape index (κ1) is 8.93. The summed E-state index contributed by atoms with van der Waals surface area (Å²) in [5, 5.41) is 3.03. The van der Waals surface area contributed by atoms with E-state index in [2.05, 4.69) is 5.32 Å². The SMILES string of the molecule is NC(=O)C=CC(=O)[C@@H]1CCCN1. The number of hydrogen-bond donors (Lipinski definition) is 2. The number of carbonyl (C=O) groups excluding carboxylic acids is 2. The van der Waals surface area contributed by atoms with Gasteiger partial charge in [-0.3, -0.25) is 9.59 Å². The molecule has 1 atom stereocenters. The number of hydrogen-bond acceptors (Lipinski definition) is 3. The molecule has 1 heterocycles. The molecule has 0 saturated carbocycles. The Bertz CT molecular complexity index is 217. The van der Waals surface area contributed by atoms with Crippen molar-refractivity contribution in [2.45, 2.75) is 18.9 Å². The van der Waals surface area contributed by atoms with E-state index in [9.17, 15) is 9.59 Å². The van der Waals surface area contributed by atoms with Crippen LogP contribution in [0.15, 0.2) is 12.2 Å². The van der Waals surface area contributed by atoms with Gasteiger partial charge in [-0.1, -0.05) is 0 Å². The lowest BCUT2D eigenvalue weighted by Crippen LogP contribution is -2.29. The molecule has 3 N–H and O–H groups in total. The maximum atomic E-state index is 11.2. The molecule has 0 aromatic carbocycles. The second kappa shape index (κ2) is 4.01. The molecule has 12 heavy (non-hydrogen) atoms. The standard InChI is InChI=1S/C8H12N2O2/c9-8(12)4-3-7(11)6-2-1-5-10-6/h3-4,6,10H,1-2,5H2,(H2,9,12)/t6-/m0/s1. The summed E-state index contributed by atoms with van der Waals surface area (Å²) in [4.78, 5) is 21.5. The van der Waals surface area contributed by atoms with Crippen molar-refractivity contribution in [3.8, 4) is 0 Å². The molecule has 4 heteroatoms. The first-order chi connectivity index (χ1) is 5.70. The molecule has 0 radical (unpaired) electrons. The van der Waals surface area contributed by atoms with Crippen molar-refractivity contribution in [3.05, 3.63) is 12.2 Å². The van der Waals surface area contributed by atoms with Crippen LogP contribution >= 0.6 is 0 Å². The summed E-state index contributed by atoms with van der Waals surface area (Å²) >= 11 is 0. The van der Waals surface area contributed by atoms with Crippen molar-refractivity contribution in [1.82, 2.24) is 5.32 Å². The van der Waals surface area contributed by atoms with Gasteiger partial charge in [-0.15, -0.1) is 0 Å². The highest BCUT2D eigenvalue weighted by atomic mass is 16.1. The van der Waals surface area contributed by atoms with E-state index < -0.39 is 5.91 Å². The molecule has 4 nitrogen and oxygen atoms in total. The predicted octanol–water partition coefficient (Wildman–Crippen LogP) is -0.651. The summed E-state index contributed by atoms with van der Waals surface area (Å²) < 4.78 is 0. The molecular weight excluding hydrogens is 156 g/mol. The van der Waals surface area contributed by atoms with E-state index in [1.54, 1.807) is 0 Å². The topological polar surface area (TPSA) is 72.2 Å². The molecular formula is C8H12N2O2. The molecule has 1 amide bonds. The van der Waals surface area contributed by atoms with Crippen LogP contribution in [0.4, 0.5) is 0 Å². The van der Waals surface area contributed by atoms with Crippen LogP contribution in [0.5, 0.6) is 0 Å². The Balaban J connectivity index is 2.42. The molecule has 1 aliphatic heterocycles. The third kappa shape index (κ3) is 2.47. The predicted molar refractivity (Wildman–Crippen MR) is 44.4 cm³/mol. The van der Waals surface area contributed by atoms with Gasteiger partial charge in [0.1, 0.15) is 0 Å². The summed E-state index contributed by atoms with van der Waals surface area (Å²) in [5.41, 5.74) is 4.84. The lowest BCUT2D eigenvalue weighted by atomic mass is 10.1. The molecule has 66 valence electrons. The third-order valence-electron chi connectivity index (χ3n) is 1.82. The second-order valence-electron chi connectivity index (χ2n) is 2.79. The lowest BCUT2D eigenvalue weighted by Gasteiger charge is -2.03. The van der Waals surface area contributed by atoms with Crippen LogP contribution in [0.3, 0.4) is 0 Å². The van der Waals surface area contributed by atoms with Gasteiger partial charge in [0.15, 0.2) is 5.78 Å². The van der Waals surface area contributed by atoms with E-state index in [-0.39, 0.29) is 11.8 Å². The fraction of sp³-hybridized carbons (Fsp3) is 0.500. The minimum atomic E-state index is -0.582. The van der Waals surface area contributed by atoms with E-state index in [1.165, 1.54) is 6.08 Å². The zero-order valence-electron chi connectivity index (χ0n) is 6.75. The fourth-order valence-electron chi connectivity index (χ4n) is 1.21. The van der Waals surface area contributed by atoms with Crippen molar-refractivity contribution in [2.24, 2.45) is 5.73 Å². The van der Waals surface area contributed by atoms with Gasteiger partial charge in [-0.25, -0.2) is 0 Å². The molecule has 0 aliphatic carbocycles. The Morgan fingerprint density at radius 2 is 2.17 bits per heavy atom. The third-order valence-corrected chi connectivity index (χ3v) is 1.82. The summed E-state index contributed by atoms with van der Waals surface area (Å²) in [6.07, 6.45) is 4.20. The molecule has 0 spiro atoms. The van der Waals surface area contributed by atoms with Gasteiger partial charge >= 0.3 is 0 Å². The van der Waals surface area contributed by atoms with Crippen LogP contribution in [-0.2, 0) is 9.59 Å². The van der Waals surface area contributed by atoms with Crippen LogP contribution in [0, 0.1) is 0 Å². The summed E-state index contributed by atoms with van der Waals surface area (Å²) in [6.45, 7) is 0.876. The van der Waals surface area contributed by atoms with Gasteiger partial charge in [-0.2, -0.15) is 0 Å². The number of primary amides is 1. The Labute approximate surface area is 70.8 Å². The lowest BCUT2D eigenvalue weighted by molar-refractivity contribution is -0.117. The smallest absolute Gasteiger partial charge is 0.241 e. The Hall–Kier alpha value is -1.16. The first-order valence-corrected chi connectivity index (χ1v) is 3.95. The highest BCUT2D eigenvalue weighted by molar-refractivity contribution is 5.99. The van der Waals surface area contributed by atoms with E-state index >= 15 is 0 Å². The molecule has 0 aromatic rings. The highest BCUT2D eigenvalue weighted by Crippen LogP contribution is 2.05. The average Bonchev–Trinajstić information content (AvgIpc) is 2.51.